The quantitative estimate of drug-likeness (QED) is 0.765. The summed E-state index contributed by atoms with van der Waals surface area (Å²) in [5.41, 5.74) is 4.50. The van der Waals surface area contributed by atoms with Crippen LogP contribution in [0.25, 0.3) is 0 Å². The lowest BCUT2D eigenvalue weighted by Crippen LogP contribution is -2.34. The summed E-state index contributed by atoms with van der Waals surface area (Å²) in [5, 5.41) is 0. The number of fused-ring (bicyclic) bond motifs is 3. The highest BCUT2D eigenvalue weighted by atomic mass is 32.1. The summed E-state index contributed by atoms with van der Waals surface area (Å²) in [5.74, 6) is 0.509. The number of benzene rings is 2. The molecule has 0 spiro atoms. The molecule has 20 heavy (non-hydrogen) atoms. The molecule has 1 fully saturated rings. The molecular formula is C18H19NS. The van der Waals surface area contributed by atoms with Crippen molar-refractivity contribution in [1.82, 2.24) is 4.90 Å². The van der Waals surface area contributed by atoms with E-state index in [2.05, 4.69) is 66.1 Å². The van der Waals surface area contributed by atoms with Crippen molar-refractivity contribution in [1.29, 1.82) is 0 Å². The second kappa shape index (κ2) is 4.94. The summed E-state index contributed by atoms with van der Waals surface area (Å²) in [6.07, 6.45) is 2.65. The van der Waals surface area contributed by atoms with Crippen molar-refractivity contribution in [2.45, 2.75) is 29.7 Å². The van der Waals surface area contributed by atoms with Gasteiger partial charge in [-0.05, 0) is 48.2 Å². The molecule has 4 rings (SSSR count). The van der Waals surface area contributed by atoms with E-state index in [4.69, 9.17) is 0 Å². The van der Waals surface area contributed by atoms with E-state index in [1.54, 1.807) is 5.56 Å². The van der Waals surface area contributed by atoms with E-state index >= 15 is 0 Å². The Morgan fingerprint density at radius 3 is 2.50 bits per heavy atom. The molecule has 2 aromatic carbocycles. The van der Waals surface area contributed by atoms with Gasteiger partial charge in [0.25, 0.3) is 0 Å². The van der Waals surface area contributed by atoms with Gasteiger partial charge in [0.15, 0.2) is 0 Å². The highest BCUT2D eigenvalue weighted by molar-refractivity contribution is 7.80. The maximum Gasteiger partial charge on any atom is 0.0351 e. The number of hydrogen-bond donors (Lipinski definition) is 1. The minimum absolute atomic E-state index is 0.509. The maximum absolute atomic E-state index is 4.40. The molecule has 2 aliphatic heterocycles. The minimum atomic E-state index is 0.509. The van der Waals surface area contributed by atoms with Gasteiger partial charge in [0, 0.05) is 23.4 Å². The van der Waals surface area contributed by atoms with Crippen LogP contribution in [0.4, 0.5) is 0 Å². The molecule has 0 saturated carbocycles. The van der Waals surface area contributed by atoms with Crippen LogP contribution in [-0.4, -0.2) is 18.0 Å². The van der Waals surface area contributed by atoms with Gasteiger partial charge >= 0.3 is 0 Å². The van der Waals surface area contributed by atoms with E-state index in [-0.39, 0.29) is 0 Å². The first kappa shape index (κ1) is 12.5. The average Bonchev–Trinajstić information content (AvgIpc) is 2.96. The van der Waals surface area contributed by atoms with Crippen molar-refractivity contribution in [2.75, 3.05) is 13.1 Å². The Morgan fingerprint density at radius 2 is 1.70 bits per heavy atom. The average molecular weight is 281 g/mol. The topological polar surface area (TPSA) is 3.24 Å². The fourth-order valence-electron chi connectivity index (χ4n) is 3.85. The normalized spacial score (nSPS) is 25.2. The molecule has 0 radical (unpaired) electrons. The minimum Gasteiger partial charge on any atom is -0.295 e. The van der Waals surface area contributed by atoms with Crippen LogP contribution in [0.15, 0.2) is 53.4 Å². The van der Waals surface area contributed by atoms with E-state index in [0.717, 1.165) is 11.4 Å². The van der Waals surface area contributed by atoms with Crippen LogP contribution in [0.5, 0.6) is 0 Å². The molecule has 102 valence electrons. The van der Waals surface area contributed by atoms with Gasteiger partial charge in [-0.1, -0.05) is 36.4 Å². The monoisotopic (exact) mass is 281 g/mol. The van der Waals surface area contributed by atoms with Crippen molar-refractivity contribution in [2.24, 2.45) is 0 Å². The van der Waals surface area contributed by atoms with E-state index < -0.39 is 0 Å². The molecule has 2 aliphatic rings. The zero-order valence-electron chi connectivity index (χ0n) is 11.5. The van der Waals surface area contributed by atoms with Crippen molar-refractivity contribution in [3.05, 3.63) is 65.2 Å². The second-order valence-electron chi connectivity index (χ2n) is 5.93. The van der Waals surface area contributed by atoms with E-state index in [9.17, 15) is 0 Å². The lowest BCUT2D eigenvalue weighted by atomic mass is 9.82. The molecule has 1 saturated heterocycles. The summed E-state index contributed by atoms with van der Waals surface area (Å²) in [7, 11) is 0. The van der Waals surface area contributed by atoms with Crippen LogP contribution in [0.3, 0.4) is 0 Å². The van der Waals surface area contributed by atoms with Gasteiger partial charge in [0.05, 0.1) is 0 Å². The van der Waals surface area contributed by atoms with Gasteiger partial charge in [0.2, 0.25) is 0 Å². The summed E-state index contributed by atoms with van der Waals surface area (Å²) in [6.45, 7) is 2.41. The van der Waals surface area contributed by atoms with Crippen molar-refractivity contribution >= 4 is 12.6 Å². The zero-order chi connectivity index (χ0) is 13.5. The molecular weight excluding hydrogens is 262 g/mol. The first-order valence-electron chi connectivity index (χ1n) is 7.45. The smallest absolute Gasteiger partial charge is 0.0351 e. The Labute approximate surface area is 126 Å². The lowest BCUT2D eigenvalue weighted by molar-refractivity contribution is 0.230. The Morgan fingerprint density at radius 1 is 0.950 bits per heavy atom. The molecule has 0 aliphatic carbocycles. The van der Waals surface area contributed by atoms with Gasteiger partial charge < -0.3 is 0 Å². The van der Waals surface area contributed by atoms with Crippen LogP contribution < -0.4 is 0 Å². The van der Waals surface area contributed by atoms with Crippen LogP contribution in [-0.2, 0) is 0 Å². The van der Waals surface area contributed by atoms with Gasteiger partial charge in [0.1, 0.15) is 0 Å². The van der Waals surface area contributed by atoms with Crippen LogP contribution in [0, 0.1) is 0 Å². The predicted octanol–water partition coefficient (Wildman–Crippen LogP) is 4.26. The van der Waals surface area contributed by atoms with E-state index in [1.165, 1.54) is 30.5 Å². The standard InChI is InChI=1S/C18H19NS/c20-14-9-7-13(8-10-14)17-12-19-11-3-6-18(19)16-5-2-1-4-15(16)17/h1-2,4-5,7-10,17-18,20H,3,6,11-12H2/t17-,18+/m1/s1. The fraction of sp³-hybridized carbons (Fsp3) is 0.333. The first-order valence-corrected chi connectivity index (χ1v) is 7.89. The maximum atomic E-state index is 4.40. The van der Waals surface area contributed by atoms with Crippen molar-refractivity contribution in [3.8, 4) is 0 Å². The van der Waals surface area contributed by atoms with Gasteiger partial charge in [-0.25, -0.2) is 0 Å². The zero-order valence-corrected chi connectivity index (χ0v) is 12.4. The predicted molar refractivity (Wildman–Crippen MR) is 85.5 cm³/mol. The van der Waals surface area contributed by atoms with E-state index in [1.807, 2.05) is 0 Å². The Bertz CT molecular complexity index is 620. The summed E-state index contributed by atoms with van der Waals surface area (Å²) < 4.78 is 0. The number of thiol groups is 1. The van der Waals surface area contributed by atoms with Crippen molar-refractivity contribution < 1.29 is 0 Å². The fourth-order valence-corrected chi connectivity index (χ4v) is 4.00. The molecule has 2 atom stereocenters. The Kier molecular flexibility index (Phi) is 3.08. The summed E-state index contributed by atoms with van der Waals surface area (Å²) >= 11 is 4.40. The first-order chi connectivity index (χ1) is 9.83. The van der Waals surface area contributed by atoms with Crippen LogP contribution in [0.2, 0.25) is 0 Å². The molecule has 0 bridgehead atoms. The van der Waals surface area contributed by atoms with E-state index in [0.29, 0.717) is 12.0 Å². The Hall–Kier alpha value is -1.25. The summed E-state index contributed by atoms with van der Waals surface area (Å²) in [4.78, 5) is 3.71. The highest BCUT2D eigenvalue weighted by Gasteiger charge is 2.35. The SMILES string of the molecule is Sc1ccc([C@H]2CN3CCC[C@H]3c3ccccc32)cc1. The third-order valence-corrected chi connectivity index (χ3v) is 5.10. The number of rotatable bonds is 1. The molecule has 0 N–H and O–H groups in total. The molecule has 2 heteroatoms. The molecule has 1 nitrogen and oxygen atoms in total. The number of hydrogen-bond acceptors (Lipinski definition) is 2. The van der Waals surface area contributed by atoms with Crippen LogP contribution in [0.1, 0.15) is 41.5 Å². The lowest BCUT2D eigenvalue weighted by Gasteiger charge is -2.37. The Balaban J connectivity index is 1.80. The summed E-state index contributed by atoms with van der Waals surface area (Å²) in [6, 6.07) is 18.4. The number of nitrogens with zero attached hydrogens (tertiary/aromatic N) is 1. The van der Waals surface area contributed by atoms with Gasteiger partial charge in [-0.2, -0.15) is 0 Å². The third kappa shape index (κ3) is 1.99. The molecule has 2 heterocycles. The largest absolute Gasteiger partial charge is 0.295 e. The second-order valence-corrected chi connectivity index (χ2v) is 6.44. The van der Waals surface area contributed by atoms with Gasteiger partial charge in [-0.15, -0.1) is 12.6 Å². The molecule has 0 unspecified atom stereocenters. The molecule has 0 aromatic heterocycles. The van der Waals surface area contributed by atoms with Gasteiger partial charge in [-0.3, -0.25) is 4.90 Å². The third-order valence-electron chi connectivity index (χ3n) is 4.81. The highest BCUT2D eigenvalue weighted by Crippen LogP contribution is 2.43. The van der Waals surface area contributed by atoms with Crippen LogP contribution >= 0.6 is 12.6 Å². The molecule has 2 aromatic rings. The molecule has 0 amide bonds. The van der Waals surface area contributed by atoms with Crippen molar-refractivity contribution in [3.63, 3.8) is 0 Å².